The Hall–Kier alpha value is -0.920. The normalized spacial score (nSPS) is 18.5. The highest BCUT2D eigenvalue weighted by Crippen LogP contribution is 2.27. The van der Waals surface area contributed by atoms with Gasteiger partial charge in [-0.2, -0.15) is 0 Å². The van der Waals surface area contributed by atoms with E-state index < -0.39 is 9.84 Å². The van der Waals surface area contributed by atoms with Crippen LogP contribution in [0.5, 0.6) is 0 Å². The van der Waals surface area contributed by atoms with Crippen LogP contribution in [0.4, 0.5) is 5.95 Å². The maximum absolute atomic E-state index is 12.0. The topological polar surface area (TPSA) is 84.0 Å². The summed E-state index contributed by atoms with van der Waals surface area (Å²) in [5, 5.41) is 6.51. The summed E-state index contributed by atoms with van der Waals surface area (Å²) in [5.41, 5.74) is 0.650. The quantitative estimate of drug-likeness (QED) is 0.807. The highest BCUT2D eigenvalue weighted by Gasteiger charge is 2.25. The number of hydrogen-bond acceptors (Lipinski definition) is 6. The molecule has 1 aliphatic heterocycles. The minimum atomic E-state index is -3.31. The van der Waals surface area contributed by atoms with Gasteiger partial charge in [-0.05, 0) is 31.7 Å². The van der Waals surface area contributed by atoms with E-state index in [1.165, 1.54) is 12.5 Å². The van der Waals surface area contributed by atoms with Gasteiger partial charge in [0.2, 0.25) is 5.95 Å². The molecule has 1 atom stereocenters. The van der Waals surface area contributed by atoms with Gasteiger partial charge in [-0.15, -0.1) is 12.4 Å². The standard InChI is InChI=1S/C15H26N4O2S.ClH/c1-11(2)6-8-17-15-18-10-13(22(3,20)21)14(19-15)12-5-4-7-16-9-12;/h10-12,16H,4-9H2,1-3H3,(H,17,18,19);1H. The van der Waals surface area contributed by atoms with Crippen LogP contribution < -0.4 is 10.6 Å². The van der Waals surface area contributed by atoms with Gasteiger partial charge in [0, 0.05) is 25.3 Å². The Morgan fingerprint density at radius 3 is 2.74 bits per heavy atom. The molecular weight excluding hydrogens is 336 g/mol. The van der Waals surface area contributed by atoms with Gasteiger partial charge in [-0.3, -0.25) is 0 Å². The lowest BCUT2D eigenvalue weighted by molar-refractivity contribution is 0.448. The molecule has 2 heterocycles. The molecule has 8 heteroatoms. The van der Waals surface area contributed by atoms with Gasteiger partial charge in [0.25, 0.3) is 0 Å². The van der Waals surface area contributed by atoms with Crippen molar-refractivity contribution in [1.29, 1.82) is 0 Å². The number of anilines is 1. The molecule has 0 amide bonds. The van der Waals surface area contributed by atoms with Gasteiger partial charge in [0.15, 0.2) is 9.84 Å². The van der Waals surface area contributed by atoms with Crippen molar-refractivity contribution in [3.05, 3.63) is 11.9 Å². The third-order valence-corrected chi connectivity index (χ3v) is 4.98. The summed E-state index contributed by atoms with van der Waals surface area (Å²) in [5.74, 6) is 1.26. The molecule has 0 bridgehead atoms. The van der Waals surface area contributed by atoms with E-state index in [9.17, 15) is 8.42 Å². The smallest absolute Gasteiger partial charge is 0.222 e. The Morgan fingerprint density at radius 2 is 2.17 bits per heavy atom. The number of aromatic nitrogens is 2. The van der Waals surface area contributed by atoms with E-state index in [0.29, 0.717) is 17.6 Å². The number of sulfone groups is 1. The van der Waals surface area contributed by atoms with E-state index in [2.05, 4.69) is 34.4 Å². The van der Waals surface area contributed by atoms with E-state index in [0.717, 1.165) is 38.9 Å². The molecule has 0 saturated carbocycles. The number of halogens is 1. The first-order valence-electron chi connectivity index (χ1n) is 7.89. The summed E-state index contributed by atoms with van der Waals surface area (Å²) in [6.07, 6.45) is 5.69. The van der Waals surface area contributed by atoms with E-state index in [1.807, 2.05) is 0 Å². The zero-order valence-electron chi connectivity index (χ0n) is 14.0. The van der Waals surface area contributed by atoms with E-state index in [4.69, 9.17) is 0 Å². The fourth-order valence-corrected chi connectivity index (χ4v) is 3.44. The summed E-state index contributed by atoms with van der Waals surface area (Å²) in [6, 6.07) is 0. The Bertz CT molecular complexity index is 601. The van der Waals surface area contributed by atoms with Gasteiger partial charge in [-0.25, -0.2) is 18.4 Å². The van der Waals surface area contributed by atoms with Crippen LogP contribution >= 0.6 is 12.4 Å². The predicted octanol–water partition coefficient (Wildman–Crippen LogP) is 2.23. The van der Waals surface area contributed by atoms with Gasteiger partial charge in [0.05, 0.1) is 11.9 Å². The van der Waals surface area contributed by atoms with Crippen molar-refractivity contribution in [2.45, 2.75) is 43.9 Å². The molecule has 1 unspecified atom stereocenters. The van der Waals surface area contributed by atoms with E-state index in [1.54, 1.807) is 0 Å². The maximum Gasteiger partial charge on any atom is 0.222 e. The first kappa shape index (κ1) is 20.1. The van der Waals surface area contributed by atoms with Crippen LogP contribution in [-0.2, 0) is 9.84 Å². The highest BCUT2D eigenvalue weighted by molar-refractivity contribution is 7.90. The zero-order valence-corrected chi connectivity index (χ0v) is 15.6. The molecule has 0 aliphatic carbocycles. The van der Waals surface area contributed by atoms with Crippen molar-refractivity contribution in [1.82, 2.24) is 15.3 Å². The average Bonchev–Trinajstić information content (AvgIpc) is 2.46. The third kappa shape index (κ3) is 5.90. The lowest BCUT2D eigenvalue weighted by atomic mass is 9.96. The molecule has 6 nitrogen and oxygen atoms in total. The number of nitrogens with one attached hydrogen (secondary N) is 2. The molecule has 1 saturated heterocycles. The number of piperidine rings is 1. The van der Waals surface area contributed by atoms with Gasteiger partial charge < -0.3 is 10.6 Å². The lowest BCUT2D eigenvalue weighted by Gasteiger charge is -2.24. The SMILES string of the molecule is CC(C)CCNc1ncc(S(C)(=O)=O)c(C2CCCNC2)n1.Cl. The molecule has 1 fully saturated rings. The highest BCUT2D eigenvalue weighted by atomic mass is 35.5. The molecule has 2 N–H and O–H groups in total. The minimum absolute atomic E-state index is 0. The predicted molar refractivity (Wildman–Crippen MR) is 95.2 cm³/mol. The second kappa shape index (κ2) is 8.80. The van der Waals surface area contributed by atoms with Crippen molar-refractivity contribution in [2.75, 3.05) is 31.2 Å². The van der Waals surface area contributed by atoms with Crippen LogP contribution in [0.1, 0.15) is 44.7 Å². The van der Waals surface area contributed by atoms with Crippen LogP contribution in [0.15, 0.2) is 11.1 Å². The van der Waals surface area contributed by atoms with Crippen LogP contribution in [0.3, 0.4) is 0 Å². The molecule has 1 aromatic heterocycles. The molecule has 0 spiro atoms. The second-order valence-corrected chi connectivity index (χ2v) is 8.35. The van der Waals surface area contributed by atoms with E-state index in [-0.39, 0.29) is 23.2 Å². The Labute approximate surface area is 145 Å². The van der Waals surface area contributed by atoms with E-state index >= 15 is 0 Å². The average molecular weight is 363 g/mol. The lowest BCUT2D eigenvalue weighted by Crippen LogP contribution is -2.30. The summed E-state index contributed by atoms with van der Waals surface area (Å²) in [4.78, 5) is 8.95. The number of hydrogen-bond donors (Lipinski definition) is 2. The molecule has 2 rings (SSSR count). The molecule has 0 aromatic carbocycles. The molecule has 23 heavy (non-hydrogen) atoms. The maximum atomic E-state index is 12.0. The summed E-state index contributed by atoms with van der Waals surface area (Å²) in [7, 11) is -3.31. The van der Waals surface area contributed by atoms with Gasteiger partial charge >= 0.3 is 0 Å². The van der Waals surface area contributed by atoms with Crippen LogP contribution in [0.25, 0.3) is 0 Å². The Morgan fingerprint density at radius 1 is 1.43 bits per heavy atom. The summed E-state index contributed by atoms with van der Waals surface area (Å²) >= 11 is 0. The Balaban J connectivity index is 0.00000264. The first-order valence-corrected chi connectivity index (χ1v) is 9.78. The Kier molecular flexibility index (Phi) is 7.70. The second-order valence-electron chi connectivity index (χ2n) is 6.37. The zero-order chi connectivity index (χ0) is 16.2. The molecule has 1 aromatic rings. The fraction of sp³-hybridized carbons (Fsp3) is 0.733. The fourth-order valence-electron chi connectivity index (χ4n) is 2.61. The number of nitrogens with zero attached hydrogens (tertiary/aromatic N) is 2. The minimum Gasteiger partial charge on any atom is -0.354 e. The van der Waals surface area contributed by atoms with Crippen molar-refractivity contribution < 1.29 is 8.42 Å². The van der Waals surface area contributed by atoms with Crippen LogP contribution in [-0.4, -0.2) is 44.3 Å². The van der Waals surface area contributed by atoms with Gasteiger partial charge in [-0.1, -0.05) is 13.8 Å². The van der Waals surface area contributed by atoms with Crippen LogP contribution in [0.2, 0.25) is 0 Å². The van der Waals surface area contributed by atoms with Crippen LogP contribution in [0, 0.1) is 5.92 Å². The number of rotatable bonds is 6. The summed E-state index contributed by atoms with van der Waals surface area (Å²) in [6.45, 7) is 6.86. The third-order valence-electron chi connectivity index (χ3n) is 3.87. The monoisotopic (exact) mass is 362 g/mol. The molecule has 1 aliphatic rings. The van der Waals surface area contributed by atoms with Gasteiger partial charge in [0.1, 0.15) is 4.90 Å². The molecular formula is C15H27ClN4O2S. The van der Waals surface area contributed by atoms with Crippen molar-refractivity contribution in [3.63, 3.8) is 0 Å². The largest absolute Gasteiger partial charge is 0.354 e. The summed E-state index contributed by atoms with van der Waals surface area (Å²) < 4.78 is 24.0. The molecule has 132 valence electrons. The van der Waals surface area contributed by atoms with Crippen molar-refractivity contribution in [2.24, 2.45) is 5.92 Å². The van der Waals surface area contributed by atoms with Crippen molar-refractivity contribution in [3.8, 4) is 0 Å². The molecule has 0 radical (unpaired) electrons. The van der Waals surface area contributed by atoms with Crippen molar-refractivity contribution >= 4 is 28.2 Å². The first-order chi connectivity index (χ1) is 10.4.